The van der Waals surface area contributed by atoms with Crippen LogP contribution in [0.4, 0.5) is 11.4 Å². The second kappa shape index (κ2) is 7.17. The maximum absolute atomic E-state index is 12.7. The Morgan fingerprint density at radius 3 is 2.46 bits per heavy atom. The summed E-state index contributed by atoms with van der Waals surface area (Å²) in [5.74, 6) is -0.291. The van der Waals surface area contributed by atoms with Gasteiger partial charge in [0.05, 0.1) is 11.4 Å². The van der Waals surface area contributed by atoms with Crippen molar-refractivity contribution < 1.29 is 13.2 Å². The molecular weight excluding hydrogens is 348 g/mol. The zero-order chi connectivity index (χ0) is 18.7. The van der Waals surface area contributed by atoms with Crippen LogP contribution in [0.15, 0.2) is 66.7 Å². The molecular formula is C20H20N2O3S. The molecule has 0 aliphatic heterocycles. The Kier molecular flexibility index (Phi) is 4.95. The zero-order valence-electron chi connectivity index (χ0n) is 14.6. The van der Waals surface area contributed by atoms with E-state index in [4.69, 9.17) is 0 Å². The van der Waals surface area contributed by atoms with Crippen LogP contribution in [0.25, 0.3) is 10.8 Å². The lowest BCUT2D eigenvalue weighted by Crippen LogP contribution is -2.28. The van der Waals surface area contributed by atoms with Crippen molar-refractivity contribution in [1.82, 2.24) is 0 Å². The van der Waals surface area contributed by atoms with E-state index in [1.165, 1.54) is 11.4 Å². The molecule has 0 aliphatic rings. The topological polar surface area (TPSA) is 66.5 Å². The number of nitrogens with zero attached hydrogens (tertiary/aromatic N) is 1. The number of benzene rings is 3. The van der Waals surface area contributed by atoms with E-state index in [9.17, 15) is 13.2 Å². The quantitative estimate of drug-likeness (QED) is 0.743. The molecule has 0 saturated carbocycles. The average Bonchev–Trinajstić information content (AvgIpc) is 2.67. The van der Waals surface area contributed by atoms with Gasteiger partial charge in [-0.2, -0.15) is 0 Å². The van der Waals surface area contributed by atoms with E-state index in [-0.39, 0.29) is 11.7 Å². The van der Waals surface area contributed by atoms with Crippen LogP contribution in [-0.2, 0) is 10.0 Å². The van der Waals surface area contributed by atoms with Gasteiger partial charge < -0.3 is 5.32 Å². The number of carbonyl (C=O) groups excluding carboxylic acids is 1. The molecule has 1 amide bonds. The molecule has 134 valence electrons. The van der Waals surface area contributed by atoms with Crippen LogP contribution in [0.3, 0.4) is 0 Å². The summed E-state index contributed by atoms with van der Waals surface area (Å²) in [6.45, 7) is 1.59. The van der Waals surface area contributed by atoms with Crippen molar-refractivity contribution in [2.75, 3.05) is 22.4 Å². The van der Waals surface area contributed by atoms with Gasteiger partial charge in [-0.05, 0) is 36.6 Å². The van der Waals surface area contributed by atoms with E-state index in [1.807, 2.05) is 42.5 Å². The number of anilines is 2. The maximum atomic E-state index is 12.7. The van der Waals surface area contributed by atoms with Crippen LogP contribution in [0.1, 0.15) is 17.3 Å². The molecule has 0 spiro atoms. The molecule has 5 nitrogen and oxygen atoms in total. The number of fused-ring (bicyclic) bond motifs is 1. The van der Waals surface area contributed by atoms with Crippen LogP contribution in [0.2, 0.25) is 0 Å². The highest BCUT2D eigenvalue weighted by Gasteiger charge is 2.17. The molecule has 6 heteroatoms. The highest BCUT2D eigenvalue weighted by molar-refractivity contribution is 7.92. The summed E-state index contributed by atoms with van der Waals surface area (Å²) in [6.07, 6.45) is 0. The normalized spacial score (nSPS) is 11.3. The standard InChI is InChI=1S/C20H20N2O3S/c1-3-26(24,25)22(2)17-11-6-10-16(14-17)20(23)21-19-13-7-9-15-8-4-5-12-18(15)19/h4-14H,3H2,1-2H3,(H,21,23). The van der Waals surface area contributed by atoms with Crippen molar-refractivity contribution in [2.24, 2.45) is 0 Å². The number of nitrogens with one attached hydrogen (secondary N) is 1. The molecule has 0 fully saturated rings. The molecule has 3 aromatic rings. The molecule has 3 aromatic carbocycles. The van der Waals surface area contributed by atoms with Gasteiger partial charge in [-0.3, -0.25) is 9.10 Å². The number of rotatable bonds is 5. The lowest BCUT2D eigenvalue weighted by Gasteiger charge is -2.19. The van der Waals surface area contributed by atoms with Crippen LogP contribution in [0.5, 0.6) is 0 Å². The molecule has 0 atom stereocenters. The smallest absolute Gasteiger partial charge is 0.255 e. The van der Waals surface area contributed by atoms with Gasteiger partial charge in [0, 0.05) is 23.7 Å². The Hall–Kier alpha value is -2.86. The SMILES string of the molecule is CCS(=O)(=O)N(C)c1cccc(C(=O)Nc2cccc3ccccc23)c1. The fraction of sp³-hybridized carbons (Fsp3) is 0.150. The second-order valence-corrected chi connectivity index (χ2v) is 8.19. The van der Waals surface area contributed by atoms with Crippen molar-refractivity contribution in [3.05, 3.63) is 72.3 Å². The Morgan fingerprint density at radius 1 is 1.00 bits per heavy atom. The lowest BCUT2D eigenvalue weighted by atomic mass is 10.1. The van der Waals surface area contributed by atoms with Gasteiger partial charge in [0.1, 0.15) is 0 Å². The van der Waals surface area contributed by atoms with Crippen LogP contribution in [0, 0.1) is 0 Å². The van der Waals surface area contributed by atoms with Crippen LogP contribution < -0.4 is 9.62 Å². The first-order valence-electron chi connectivity index (χ1n) is 8.28. The third-order valence-corrected chi connectivity index (χ3v) is 6.07. The van der Waals surface area contributed by atoms with Crippen LogP contribution in [-0.4, -0.2) is 27.1 Å². The van der Waals surface area contributed by atoms with Crippen molar-refractivity contribution in [3.8, 4) is 0 Å². The van der Waals surface area contributed by atoms with Gasteiger partial charge >= 0.3 is 0 Å². The molecule has 0 saturated heterocycles. The minimum atomic E-state index is -3.38. The van der Waals surface area contributed by atoms with E-state index in [0.29, 0.717) is 16.9 Å². The fourth-order valence-corrected chi connectivity index (χ4v) is 3.55. The number of carbonyl (C=O) groups is 1. The van der Waals surface area contributed by atoms with Crippen molar-refractivity contribution >= 4 is 38.1 Å². The molecule has 0 aromatic heterocycles. The molecule has 26 heavy (non-hydrogen) atoms. The molecule has 1 N–H and O–H groups in total. The van der Waals surface area contributed by atoms with Crippen molar-refractivity contribution in [3.63, 3.8) is 0 Å². The van der Waals surface area contributed by atoms with Crippen molar-refractivity contribution in [2.45, 2.75) is 6.92 Å². The first-order valence-corrected chi connectivity index (χ1v) is 9.89. The van der Waals surface area contributed by atoms with Crippen LogP contribution >= 0.6 is 0 Å². The Labute approximate surface area is 153 Å². The minimum Gasteiger partial charge on any atom is -0.321 e. The van der Waals surface area contributed by atoms with E-state index in [2.05, 4.69) is 5.32 Å². The van der Waals surface area contributed by atoms with Gasteiger partial charge in [0.2, 0.25) is 10.0 Å². The lowest BCUT2D eigenvalue weighted by molar-refractivity contribution is 0.102. The van der Waals surface area contributed by atoms with E-state index in [0.717, 1.165) is 10.8 Å². The highest BCUT2D eigenvalue weighted by Crippen LogP contribution is 2.24. The summed E-state index contributed by atoms with van der Waals surface area (Å²) in [6, 6.07) is 20.1. The molecule has 0 radical (unpaired) electrons. The first-order chi connectivity index (χ1) is 12.4. The average molecular weight is 368 g/mol. The number of hydrogen-bond donors (Lipinski definition) is 1. The Bertz CT molecular complexity index is 1060. The molecule has 3 rings (SSSR count). The Balaban J connectivity index is 1.90. The van der Waals surface area contributed by atoms with Gasteiger partial charge in [-0.15, -0.1) is 0 Å². The molecule has 0 aliphatic carbocycles. The Morgan fingerprint density at radius 2 is 1.69 bits per heavy atom. The summed E-state index contributed by atoms with van der Waals surface area (Å²) in [7, 11) is -1.89. The van der Waals surface area contributed by atoms with Gasteiger partial charge in [0.15, 0.2) is 0 Å². The summed E-state index contributed by atoms with van der Waals surface area (Å²) in [4.78, 5) is 12.7. The summed E-state index contributed by atoms with van der Waals surface area (Å²) in [5.41, 5.74) is 1.57. The third kappa shape index (κ3) is 3.55. The predicted octanol–water partition coefficient (Wildman–Crippen LogP) is 3.88. The second-order valence-electron chi connectivity index (χ2n) is 5.90. The molecule has 0 unspecified atom stereocenters. The summed E-state index contributed by atoms with van der Waals surface area (Å²) >= 11 is 0. The number of hydrogen-bond acceptors (Lipinski definition) is 3. The minimum absolute atomic E-state index is 0.00404. The zero-order valence-corrected chi connectivity index (χ0v) is 15.5. The van der Waals surface area contributed by atoms with E-state index in [1.54, 1.807) is 31.2 Å². The first kappa shape index (κ1) is 17.9. The van der Waals surface area contributed by atoms with E-state index >= 15 is 0 Å². The monoisotopic (exact) mass is 368 g/mol. The fourth-order valence-electron chi connectivity index (χ4n) is 2.73. The van der Waals surface area contributed by atoms with Crippen molar-refractivity contribution in [1.29, 1.82) is 0 Å². The van der Waals surface area contributed by atoms with Gasteiger partial charge in [0.25, 0.3) is 5.91 Å². The number of sulfonamides is 1. The van der Waals surface area contributed by atoms with Gasteiger partial charge in [-0.25, -0.2) is 8.42 Å². The third-order valence-electron chi connectivity index (χ3n) is 4.29. The molecule has 0 heterocycles. The summed E-state index contributed by atoms with van der Waals surface area (Å²) < 4.78 is 25.3. The maximum Gasteiger partial charge on any atom is 0.255 e. The highest BCUT2D eigenvalue weighted by atomic mass is 32.2. The van der Waals surface area contributed by atoms with Gasteiger partial charge in [-0.1, -0.05) is 42.5 Å². The largest absolute Gasteiger partial charge is 0.321 e. The number of amides is 1. The predicted molar refractivity (Wildman–Crippen MR) is 106 cm³/mol. The summed E-state index contributed by atoms with van der Waals surface area (Å²) in [5, 5.41) is 4.90. The van der Waals surface area contributed by atoms with E-state index < -0.39 is 10.0 Å². The molecule has 0 bridgehead atoms.